The van der Waals surface area contributed by atoms with E-state index in [2.05, 4.69) is 22.5 Å². The van der Waals surface area contributed by atoms with E-state index in [4.69, 9.17) is 4.74 Å². The summed E-state index contributed by atoms with van der Waals surface area (Å²) in [6.07, 6.45) is 3.06. The van der Waals surface area contributed by atoms with Crippen molar-refractivity contribution in [2.45, 2.75) is 26.2 Å². The van der Waals surface area contributed by atoms with E-state index in [0.29, 0.717) is 18.3 Å². The van der Waals surface area contributed by atoms with Crippen LogP contribution < -0.4 is 10.6 Å². The van der Waals surface area contributed by atoms with Gasteiger partial charge in [0.05, 0.1) is 6.61 Å². The van der Waals surface area contributed by atoms with Gasteiger partial charge >= 0.3 is 0 Å². The molecule has 2 N–H and O–H groups in total. The molecule has 5 nitrogen and oxygen atoms in total. The number of hydrogen-bond acceptors (Lipinski definition) is 4. The van der Waals surface area contributed by atoms with Crippen molar-refractivity contribution in [1.82, 2.24) is 15.5 Å². The molecule has 0 aromatic heterocycles. The molecule has 1 rings (SSSR count). The van der Waals surface area contributed by atoms with Gasteiger partial charge in [0.1, 0.15) is 0 Å². The highest BCUT2D eigenvalue weighted by Crippen LogP contribution is 2.23. The zero-order valence-corrected chi connectivity index (χ0v) is 13.3. The van der Waals surface area contributed by atoms with Gasteiger partial charge in [0.2, 0.25) is 5.91 Å². The summed E-state index contributed by atoms with van der Waals surface area (Å²) < 4.78 is 5.03. The summed E-state index contributed by atoms with van der Waals surface area (Å²) in [4.78, 5) is 14.1. The smallest absolute Gasteiger partial charge is 0.220 e. The van der Waals surface area contributed by atoms with Crippen LogP contribution in [0.2, 0.25) is 0 Å². The Morgan fingerprint density at radius 2 is 2.10 bits per heavy atom. The van der Waals surface area contributed by atoms with E-state index < -0.39 is 0 Å². The number of methoxy groups -OCH3 is 1. The maximum atomic E-state index is 11.9. The van der Waals surface area contributed by atoms with Gasteiger partial charge in [-0.05, 0) is 44.8 Å². The lowest BCUT2D eigenvalue weighted by atomic mass is 9.84. The monoisotopic (exact) mass is 285 g/mol. The minimum atomic E-state index is 0.191. The second-order valence-corrected chi connectivity index (χ2v) is 5.91. The zero-order valence-electron chi connectivity index (χ0n) is 13.3. The summed E-state index contributed by atoms with van der Waals surface area (Å²) in [6.45, 7) is 7.63. The average Bonchev–Trinajstić information content (AvgIpc) is 2.46. The number of likely N-dealkylation sites (N-methyl/N-ethyl adjacent to an activating group) is 1. The van der Waals surface area contributed by atoms with Crippen molar-refractivity contribution in [2.24, 2.45) is 11.8 Å². The van der Waals surface area contributed by atoms with Crippen LogP contribution in [-0.4, -0.2) is 64.3 Å². The molecule has 5 heteroatoms. The first kappa shape index (κ1) is 17.4. The SMILES string of the molecule is COCCN(C)CCNC(=O)CC(C)C1CCNCC1. The second-order valence-electron chi connectivity index (χ2n) is 5.91. The maximum Gasteiger partial charge on any atom is 0.220 e. The molecule has 1 heterocycles. The van der Waals surface area contributed by atoms with E-state index in [1.165, 1.54) is 12.8 Å². The molecule has 0 spiro atoms. The Morgan fingerprint density at radius 3 is 2.75 bits per heavy atom. The van der Waals surface area contributed by atoms with Crippen molar-refractivity contribution < 1.29 is 9.53 Å². The summed E-state index contributed by atoms with van der Waals surface area (Å²) in [5, 5.41) is 6.39. The minimum Gasteiger partial charge on any atom is -0.383 e. The van der Waals surface area contributed by atoms with Gasteiger partial charge in [-0.25, -0.2) is 0 Å². The first-order valence-corrected chi connectivity index (χ1v) is 7.78. The average molecular weight is 285 g/mol. The molecule has 0 radical (unpaired) electrons. The van der Waals surface area contributed by atoms with Crippen molar-refractivity contribution in [3.63, 3.8) is 0 Å². The van der Waals surface area contributed by atoms with Crippen molar-refractivity contribution >= 4 is 5.91 Å². The molecular weight excluding hydrogens is 254 g/mol. The van der Waals surface area contributed by atoms with Crippen LogP contribution in [0.15, 0.2) is 0 Å². The number of carbonyl (C=O) groups excluding carboxylic acids is 1. The number of nitrogens with zero attached hydrogens (tertiary/aromatic N) is 1. The number of ether oxygens (including phenoxy) is 1. The quantitative estimate of drug-likeness (QED) is 0.655. The fraction of sp³-hybridized carbons (Fsp3) is 0.933. The number of hydrogen-bond donors (Lipinski definition) is 2. The van der Waals surface area contributed by atoms with E-state index in [1.807, 2.05) is 7.05 Å². The van der Waals surface area contributed by atoms with Crippen LogP contribution in [0.3, 0.4) is 0 Å². The Hall–Kier alpha value is -0.650. The maximum absolute atomic E-state index is 11.9. The molecule has 0 aromatic carbocycles. The van der Waals surface area contributed by atoms with E-state index in [9.17, 15) is 4.79 Å². The first-order valence-electron chi connectivity index (χ1n) is 7.78. The van der Waals surface area contributed by atoms with Gasteiger partial charge in [-0.3, -0.25) is 4.79 Å². The summed E-state index contributed by atoms with van der Waals surface area (Å²) in [5.74, 6) is 1.38. The van der Waals surface area contributed by atoms with Crippen molar-refractivity contribution in [3.05, 3.63) is 0 Å². The fourth-order valence-corrected chi connectivity index (χ4v) is 2.69. The lowest BCUT2D eigenvalue weighted by Crippen LogP contribution is -2.36. The van der Waals surface area contributed by atoms with Gasteiger partial charge in [-0.1, -0.05) is 6.92 Å². The molecule has 1 aliphatic heterocycles. The van der Waals surface area contributed by atoms with E-state index in [-0.39, 0.29) is 5.91 Å². The topological polar surface area (TPSA) is 53.6 Å². The van der Waals surface area contributed by atoms with Crippen molar-refractivity contribution in [1.29, 1.82) is 0 Å². The largest absolute Gasteiger partial charge is 0.383 e. The molecule has 1 amide bonds. The molecule has 1 saturated heterocycles. The summed E-state index contributed by atoms with van der Waals surface area (Å²) in [5.41, 5.74) is 0. The lowest BCUT2D eigenvalue weighted by molar-refractivity contribution is -0.122. The van der Waals surface area contributed by atoms with Crippen LogP contribution in [0.1, 0.15) is 26.2 Å². The Morgan fingerprint density at radius 1 is 1.40 bits per heavy atom. The Balaban J connectivity index is 2.09. The molecular formula is C15H31N3O2. The van der Waals surface area contributed by atoms with E-state index in [0.717, 1.165) is 39.3 Å². The van der Waals surface area contributed by atoms with Gasteiger partial charge in [0.25, 0.3) is 0 Å². The van der Waals surface area contributed by atoms with Gasteiger partial charge < -0.3 is 20.3 Å². The Labute approximate surface area is 123 Å². The summed E-state index contributed by atoms with van der Waals surface area (Å²) >= 11 is 0. The van der Waals surface area contributed by atoms with Crippen LogP contribution in [0.4, 0.5) is 0 Å². The molecule has 1 aliphatic rings. The third kappa shape index (κ3) is 7.22. The molecule has 118 valence electrons. The van der Waals surface area contributed by atoms with Crippen LogP contribution in [0.5, 0.6) is 0 Å². The normalized spacial score (nSPS) is 18.2. The lowest BCUT2D eigenvalue weighted by Gasteiger charge is -2.28. The van der Waals surface area contributed by atoms with Gasteiger partial charge in [-0.15, -0.1) is 0 Å². The number of rotatable bonds is 9. The van der Waals surface area contributed by atoms with Crippen molar-refractivity contribution in [2.75, 3.05) is 53.5 Å². The fourth-order valence-electron chi connectivity index (χ4n) is 2.69. The molecule has 0 bridgehead atoms. The van der Waals surface area contributed by atoms with Crippen LogP contribution >= 0.6 is 0 Å². The number of nitrogens with one attached hydrogen (secondary N) is 2. The predicted octanol–water partition coefficient (Wildman–Crippen LogP) is 0.707. The molecule has 1 fully saturated rings. The third-order valence-electron chi connectivity index (χ3n) is 4.19. The highest BCUT2D eigenvalue weighted by Gasteiger charge is 2.21. The van der Waals surface area contributed by atoms with E-state index >= 15 is 0 Å². The summed E-state index contributed by atoms with van der Waals surface area (Å²) in [7, 11) is 3.75. The van der Waals surface area contributed by atoms with Gasteiger partial charge in [0, 0.05) is 33.2 Å². The highest BCUT2D eigenvalue weighted by atomic mass is 16.5. The molecule has 0 saturated carbocycles. The number of piperidine rings is 1. The molecule has 0 aromatic rings. The van der Waals surface area contributed by atoms with Crippen LogP contribution in [0.25, 0.3) is 0 Å². The second kappa shape index (κ2) is 10.1. The molecule has 20 heavy (non-hydrogen) atoms. The predicted molar refractivity (Wildman–Crippen MR) is 81.8 cm³/mol. The standard InChI is InChI=1S/C15H31N3O2/c1-13(14-4-6-16-7-5-14)12-15(19)17-8-9-18(2)10-11-20-3/h13-14,16H,4-12H2,1-3H3,(H,17,19). The molecule has 1 unspecified atom stereocenters. The minimum absolute atomic E-state index is 0.191. The number of amides is 1. The molecule has 1 atom stereocenters. The third-order valence-corrected chi connectivity index (χ3v) is 4.19. The highest BCUT2D eigenvalue weighted by molar-refractivity contribution is 5.76. The molecule has 0 aliphatic carbocycles. The Bertz CT molecular complexity index is 268. The van der Waals surface area contributed by atoms with Gasteiger partial charge in [-0.2, -0.15) is 0 Å². The Kier molecular flexibility index (Phi) is 8.82. The van der Waals surface area contributed by atoms with Crippen LogP contribution in [-0.2, 0) is 9.53 Å². The zero-order chi connectivity index (χ0) is 14.8. The summed E-state index contributed by atoms with van der Waals surface area (Å²) in [6, 6.07) is 0. The van der Waals surface area contributed by atoms with Gasteiger partial charge in [0.15, 0.2) is 0 Å². The first-order chi connectivity index (χ1) is 9.63. The van der Waals surface area contributed by atoms with E-state index in [1.54, 1.807) is 7.11 Å². The van der Waals surface area contributed by atoms with Crippen molar-refractivity contribution in [3.8, 4) is 0 Å². The van der Waals surface area contributed by atoms with Crippen LogP contribution in [0, 0.1) is 11.8 Å². The number of carbonyl (C=O) groups is 1.